The van der Waals surface area contributed by atoms with Gasteiger partial charge in [-0.3, -0.25) is 0 Å². The van der Waals surface area contributed by atoms with E-state index in [-0.39, 0.29) is 0 Å². The molecule has 0 aliphatic rings. The van der Waals surface area contributed by atoms with Gasteiger partial charge in [-0.15, -0.1) is 11.3 Å². The highest BCUT2D eigenvalue weighted by atomic mass is 79.9. The fourth-order valence-corrected chi connectivity index (χ4v) is 3.00. The summed E-state index contributed by atoms with van der Waals surface area (Å²) in [7, 11) is 0. The summed E-state index contributed by atoms with van der Waals surface area (Å²) in [4.78, 5) is 1.14. The van der Waals surface area contributed by atoms with Crippen molar-refractivity contribution in [3.63, 3.8) is 0 Å². The predicted octanol–water partition coefficient (Wildman–Crippen LogP) is 4.41. The molecule has 0 aliphatic carbocycles. The molecule has 0 radical (unpaired) electrons. The lowest BCUT2D eigenvalue weighted by molar-refractivity contribution is 1.67. The minimum absolute atomic E-state index is 0.689. The van der Waals surface area contributed by atoms with Crippen LogP contribution < -0.4 is 5.73 Å². The summed E-state index contributed by atoms with van der Waals surface area (Å²) in [6.45, 7) is 0. The molecule has 2 N–H and O–H groups in total. The molecule has 4 heteroatoms. The SMILES string of the molecule is Nc1ccc(-c2cc(Br)cs2)c(Cl)c1. The molecule has 0 saturated heterocycles. The molecule has 0 bridgehead atoms. The van der Waals surface area contributed by atoms with E-state index in [9.17, 15) is 0 Å². The van der Waals surface area contributed by atoms with Gasteiger partial charge in [-0.25, -0.2) is 0 Å². The van der Waals surface area contributed by atoms with Crippen molar-refractivity contribution in [3.8, 4) is 10.4 Å². The lowest BCUT2D eigenvalue weighted by Gasteiger charge is -2.01. The molecule has 1 nitrogen and oxygen atoms in total. The van der Waals surface area contributed by atoms with Crippen LogP contribution in [0.1, 0.15) is 0 Å². The third-order valence-electron chi connectivity index (χ3n) is 1.83. The Labute approximate surface area is 99.6 Å². The van der Waals surface area contributed by atoms with Crippen LogP contribution in [-0.4, -0.2) is 0 Å². The van der Waals surface area contributed by atoms with Crippen LogP contribution in [0.5, 0.6) is 0 Å². The van der Waals surface area contributed by atoms with Crippen molar-refractivity contribution < 1.29 is 0 Å². The van der Waals surface area contributed by atoms with E-state index in [4.69, 9.17) is 17.3 Å². The molecule has 1 aromatic carbocycles. The molecule has 0 atom stereocenters. The normalized spacial score (nSPS) is 10.4. The number of benzene rings is 1. The Morgan fingerprint density at radius 1 is 1.29 bits per heavy atom. The van der Waals surface area contributed by atoms with Gasteiger partial charge in [0.2, 0.25) is 0 Å². The van der Waals surface area contributed by atoms with E-state index >= 15 is 0 Å². The highest BCUT2D eigenvalue weighted by Gasteiger charge is 2.05. The average Bonchev–Trinajstić information content (AvgIpc) is 2.51. The van der Waals surface area contributed by atoms with Crippen molar-refractivity contribution in [2.45, 2.75) is 0 Å². The summed E-state index contributed by atoms with van der Waals surface area (Å²) < 4.78 is 1.07. The largest absolute Gasteiger partial charge is 0.399 e. The smallest absolute Gasteiger partial charge is 0.0513 e. The fourth-order valence-electron chi connectivity index (χ4n) is 1.19. The van der Waals surface area contributed by atoms with Crippen molar-refractivity contribution in [2.75, 3.05) is 5.73 Å². The Hall–Kier alpha value is -0.510. The summed E-state index contributed by atoms with van der Waals surface area (Å²) in [6.07, 6.45) is 0. The van der Waals surface area contributed by atoms with Gasteiger partial charge in [-0.1, -0.05) is 17.7 Å². The van der Waals surface area contributed by atoms with E-state index in [1.165, 1.54) is 0 Å². The summed E-state index contributed by atoms with van der Waals surface area (Å²) in [5, 5.41) is 2.72. The molecular weight excluding hydrogens is 282 g/mol. The molecule has 0 amide bonds. The van der Waals surface area contributed by atoms with Gasteiger partial charge in [-0.2, -0.15) is 0 Å². The maximum Gasteiger partial charge on any atom is 0.0513 e. The fraction of sp³-hybridized carbons (Fsp3) is 0. The van der Waals surface area contributed by atoms with Gasteiger partial charge >= 0.3 is 0 Å². The minimum atomic E-state index is 0.689. The Morgan fingerprint density at radius 3 is 2.64 bits per heavy atom. The van der Waals surface area contributed by atoms with Crippen LogP contribution in [0.15, 0.2) is 34.1 Å². The molecule has 1 aromatic heterocycles. The van der Waals surface area contributed by atoms with Crippen LogP contribution in [-0.2, 0) is 0 Å². The zero-order valence-electron chi connectivity index (χ0n) is 7.13. The Kier molecular flexibility index (Phi) is 2.81. The van der Waals surface area contributed by atoms with E-state index in [1.807, 2.05) is 23.6 Å². The maximum absolute atomic E-state index is 6.08. The summed E-state index contributed by atoms with van der Waals surface area (Å²) >= 11 is 11.1. The van der Waals surface area contributed by atoms with E-state index in [1.54, 1.807) is 17.4 Å². The Bertz CT molecular complexity index is 467. The monoisotopic (exact) mass is 287 g/mol. The number of nitrogens with two attached hydrogens (primary N) is 1. The summed E-state index contributed by atoms with van der Waals surface area (Å²) in [5.74, 6) is 0. The van der Waals surface area contributed by atoms with Gasteiger partial charge in [0.25, 0.3) is 0 Å². The Morgan fingerprint density at radius 2 is 2.07 bits per heavy atom. The number of hydrogen-bond donors (Lipinski definition) is 1. The van der Waals surface area contributed by atoms with E-state index in [0.29, 0.717) is 10.7 Å². The molecule has 1 heterocycles. The molecule has 0 fully saturated rings. The second-order valence-electron chi connectivity index (χ2n) is 2.87. The molecule has 0 spiro atoms. The molecule has 14 heavy (non-hydrogen) atoms. The summed E-state index contributed by atoms with van der Waals surface area (Å²) in [6, 6.07) is 7.61. The van der Waals surface area contributed by atoms with Crippen molar-refractivity contribution in [2.24, 2.45) is 0 Å². The van der Waals surface area contributed by atoms with Crippen LogP contribution in [0.4, 0.5) is 5.69 Å². The van der Waals surface area contributed by atoms with E-state index in [2.05, 4.69) is 15.9 Å². The van der Waals surface area contributed by atoms with E-state index in [0.717, 1.165) is 14.9 Å². The highest BCUT2D eigenvalue weighted by molar-refractivity contribution is 9.10. The van der Waals surface area contributed by atoms with Gasteiger partial charge in [0.05, 0.1) is 5.02 Å². The van der Waals surface area contributed by atoms with Gasteiger partial charge in [0.1, 0.15) is 0 Å². The maximum atomic E-state index is 6.08. The second kappa shape index (κ2) is 3.93. The van der Waals surface area contributed by atoms with Crippen LogP contribution in [0.3, 0.4) is 0 Å². The van der Waals surface area contributed by atoms with Crippen molar-refractivity contribution in [3.05, 3.63) is 39.1 Å². The molecule has 0 unspecified atom stereocenters. The van der Waals surface area contributed by atoms with Crippen molar-refractivity contribution >= 4 is 44.6 Å². The minimum Gasteiger partial charge on any atom is -0.399 e. The van der Waals surface area contributed by atoms with Crippen molar-refractivity contribution in [1.82, 2.24) is 0 Å². The van der Waals surface area contributed by atoms with Gasteiger partial charge in [0, 0.05) is 26.0 Å². The molecular formula is C10H7BrClNS. The summed E-state index contributed by atoms with van der Waals surface area (Å²) in [5.41, 5.74) is 7.33. The molecule has 0 saturated carbocycles. The third-order valence-corrected chi connectivity index (χ3v) is 3.86. The first-order chi connectivity index (χ1) is 6.66. The van der Waals surface area contributed by atoms with Gasteiger partial charge in [-0.05, 0) is 34.1 Å². The lowest BCUT2D eigenvalue weighted by Crippen LogP contribution is -1.84. The number of thiophene rings is 1. The number of nitrogen functional groups attached to an aromatic ring is 1. The third kappa shape index (κ3) is 1.95. The number of anilines is 1. The Balaban J connectivity index is 2.52. The first-order valence-corrected chi connectivity index (χ1v) is 6.01. The number of rotatable bonds is 1. The second-order valence-corrected chi connectivity index (χ2v) is 5.10. The zero-order valence-corrected chi connectivity index (χ0v) is 10.3. The van der Waals surface area contributed by atoms with Gasteiger partial charge < -0.3 is 5.73 Å². The van der Waals surface area contributed by atoms with Crippen LogP contribution in [0.25, 0.3) is 10.4 Å². The van der Waals surface area contributed by atoms with Crippen LogP contribution in [0, 0.1) is 0 Å². The highest BCUT2D eigenvalue weighted by Crippen LogP contribution is 2.35. The standard InChI is InChI=1S/C10H7BrClNS/c11-6-3-10(14-5-6)8-2-1-7(13)4-9(8)12/h1-5H,13H2. The molecule has 2 rings (SSSR count). The quantitative estimate of drug-likeness (QED) is 0.773. The number of halogens is 2. The molecule has 72 valence electrons. The first kappa shape index (κ1) is 10.0. The van der Waals surface area contributed by atoms with Crippen molar-refractivity contribution in [1.29, 1.82) is 0 Å². The van der Waals surface area contributed by atoms with E-state index < -0.39 is 0 Å². The topological polar surface area (TPSA) is 26.0 Å². The lowest BCUT2D eigenvalue weighted by atomic mass is 10.2. The van der Waals surface area contributed by atoms with Crippen LogP contribution in [0.2, 0.25) is 5.02 Å². The predicted molar refractivity (Wildman–Crippen MR) is 66.9 cm³/mol. The van der Waals surface area contributed by atoms with Crippen LogP contribution >= 0.6 is 38.9 Å². The molecule has 0 aliphatic heterocycles. The first-order valence-electron chi connectivity index (χ1n) is 3.96. The zero-order chi connectivity index (χ0) is 10.1. The average molecular weight is 289 g/mol. The number of hydrogen-bond acceptors (Lipinski definition) is 2. The molecule has 2 aromatic rings. The van der Waals surface area contributed by atoms with Gasteiger partial charge in [0.15, 0.2) is 0 Å².